The van der Waals surface area contributed by atoms with Crippen molar-refractivity contribution in [3.63, 3.8) is 0 Å². The van der Waals surface area contributed by atoms with E-state index in [2.05, 4.69) is 20.2 Å². The Labute approximate surface area is 235 Å². The Bertz CT molecular complexity index is 1730. The number of fused-ring (bicyclic) bond motifs is 3. The molecule has 206 valence electrons. The lowest BCUT2D eigenvalue weighted by molar-refractivity contribution is 0.137. The van der Waals surface area contributed by atoms with E-state index in [1.807, 2.05) is 61.5 Å². The summed E-state index contributed by atoms with van der Waals surface area (Å²) >= 11 is 0. The highest BCUT2D eigenvalue weighted by molar-refractivity contribution is 5.93. The Kier molecular flexibility index (Phi) is 6.07. The van der Waals surface area contributed by atoms with E-state index in [0.717, 1.165) is 28.7 Å². The number of amides is 1. The van der Waals surface area contributed by atoms with E-state index in [0.29, 0.717) is 48.7 Å². The number of carbonyl (C=O) groups is 1. The van der Waals surface area contributed by atoms with Gasteiger partial charge in [0.1, 0.15) is 29.8 Å². The zero-order valence-electron chi connectivity index (χ0n) is 22.3. The van der Waals surface area contributed by atoms with Crippen LogP contribution < -0.4 is 15.0 Å². The molecule has 2 bridgehead atoms. The molecule has 7 rings (SSSR count). The molecule has 3 aromatic heterocycles. The highest BCUT2D eigenvalue weighted by Crippen LogP contribution is 2.35. The zero-order chi connectivity index (χ0) is 27.9. The number of rotatable bonds is 7. The van der Waals surface area contributed by atoms with Gasteiger partial charge in [0.15, 0.2) is 11.6 Å². The van der Waals surface area contributed by atoms with E-state index in [1.54, 1.807) is 23.3 Å². The SMILES string of the molecule is Cc1nc(N2C[C@@H]3C[C@H]2CN3C(=O)O)cc(-n2nc(Nc3cnccn3)c3ccc(OCc4ccccc4)cc32)n1. The summed E-state index contributed by atoms with van der Waals surface area (Å²) < 4.78 is 7.91. The van der Waals surface area contributed by atoms with Gasteiger partial charge in [0.05, 0.1) is 23.8 Å². The number of hydrogen-bond donors (Lipinski definition) is 2. The van der Waals surface area contributed by atoms with Gasteiger partial charge in [-0.25, -0.2) is 24.4 Å². The summed E-state index contributed by atoms with van der Waals surface area (Å²) in [5.41, 5.74) is 1.87. The summed E-state index contributed by atoms with van der Waals surface area (Å²) in [5, 5.41) is 18.5. The van der Waals surface area contributed by atoms with Gasteiger partial charge < -0.3 is 25.0 Å². The molecule has 2 saturated heterocycles. The molecule has 1 amide bonds. The highest BCUT2D eigenvalue weighted by Gasteiger charge is 2.46. The fourth-order valence-corrected chi connectivity index (χ4v) is 5.65. The first-order valence-corrected chi connectivity index (χ1v) is 13.4. The number of hydrogen-bond acceptors (Lipinski definition) is 9. The van der Waals surface area contributed by atoms with Gasteiger partial charge in [-0.1, -0.05) is 30.3 Å². The lowest BCUT2D eigenvalue weighted by atomic mass is 10.2. The van der Waals surface area contributed by atoms with Gasteiger partial charge in [-0.3, -0.25) is 4.98 Å². The lowest BCUT2D eigenvalue weighted by Crippen LogP contribution is -2.48. The first-order valence-electron chi connectivity index (χ1n) is 13.4. The summed E-state index contributed by atoms with van der Waals surface area (Å²) in [5.74, 6) is 3.82. The second-order valence-electron chi connectivity index (χ2n) is 10.2. The molecule has 0 spiro atoms. The maximum Gasteiger partial charge on any atom is 0.407 e. The summed E-state index contributed by atoms with van der Waals surface area (Å²) in [6.07, 6.45) is 4.80. The van der Waals surface area contributed by atoms with Gasteiger partial charge in [-0.05, 0) is 31.0 Å². The topological polar surface area (TPSA) is 134 Å². The van der Waals surface area contributed by atoms with Crippen molar-refractivity contribution >= 4 is 34.4 Å². The third kappa shape index (κ3) is 4.73. The molecule has 2 atom stereocenters. The Hall–Kier alpha value is -5.26. The smallest absolute Gasteiger partial charge is 0.407 e. The van der Waals surface area contributed by atoms with E-state index >= 15 is 0 Å². The third-order valence-electron chi connectivity index (χ3n) is 7.52. The molecule has 2 aliphatic heterocycles. The molecular formula is C29H27N9O3. The zero-order valence-corrected chi connectivity index (χ0v) is 22.3. The van der Waals surface area contributed by atoms with Crippen LogP contribution in [0.5, 0.6) is 5.75 Å². The monoisotopic (exact) mass is 549 g/mol. The van der Waals surface area contributed by atoms with Gasteiger partial charge in [-0.15, -0.1) is 5.10 Å². The minimum atomic E-state index is -0.867. The van der Waals surface area contributed by atoms with Crippen molar-refractivity contribution < 1.29 is 14.6 Å². The van der Waals surface area contributed by atoms with Gasteiger partial charge in [0.25, 0.3) is 0 Å². The Morgan fingerprint density at radius 3 is 2.66 bits per heavy atom. The highest BCUT2D eigenvalue weighted by atomic mass is 16.5. The predicted octanol–water partition coefficient (Wildman–Crippen LogP) is 4.18. The molecule has 2 N–H and O–H groups in total. The summed E-state index contributed by atoms with van der Waals surface area (Å²) in [4.78, 5) is 33.2. The standard InChI is InChI=1S/C29H27N9O3/c1-18-32-26(36-15-21-11-20(36)16-37(21)29(39)40)13-27(33-18)38-24-12-22(41-17-19-5-3-2-4-6-19)7-8-23(24)28(35-38)34-25-14-30-9-10-31-25/h2-10,12-14,20-21H,11,15-17H2,1H3,(H,39,40)(H,31,34,35)/t20-,21-/m0/s1. The second kappa shape index (κ2) is 10.0. The van der Waals surface area contributed by atoms with Crippen LogP contribution in [0.3, 0.4) is 0 Å². The second-order valence-corrected chi connectivity index (χ2v) is 10.2. The number of likely N-dealkylation sites (tertiary alicyclic amines) is 1. The van der Waals surface area contributed by atoms with E-state index in [4.69, 9.17) is 19.8 Å². The molecule has 0 radical (unpaired) electrons. The first kappa shape index (κ1) is 24.8. The minimum absolute atomic E-state index is 0.0335. The van der Waals surface area contributed by atoms with Crippen LogP contribution in [0.15, 0.2) is 73.2 Å². The van der Waals surface area contributed by atoms with Crippen molar-refractivity contribution in [3.8, 4) is 11.6 Å². The van der Waals surface area contributed by atoms with E-state index in [9.17, 15) is 9.90 Å². The van der Waals surface area contributed by atoms with Crippen LogP contribution in [-0.4, -0.2) is 71.0 Å². The Morgan fingerprint density at radius 1 is 1.05 bits per heavy atom. The molecule has 2 fully saturated rings. The van der Waals surface area contributed by atoms with Crippen LogP contribution in [0.2, 0.25) is 0 Å². The summed E-state index contributed by atoms with van der Waals surface area (Å²) in [6.45, 7) is 3.36. The number of piperazine rings is 1. The van der Waals surface area contributed by atoms with Crippen LogP contribution in [0, 0.1) is 6.92 Å². The number of aromatic nitrogens is 6. The minimum Gasteiger partial charge on any atom is -0.489 e. The molecule has 12 nitrogen and oxygen atoms in total. The van der Waals surface area contributed by atoms with Crippen LogP contribution in [0.1, 0.15) is 17.8 Å². The van der Waals surface area contributed by atoms with E-state index in [-0.39, 0.29) is 12.1 Å². The number of aryl methyl sites for hydroxylation is 1. The molecule has 2 aromatic carbocycles. The Morgan fingerprint density at radius 2 is 1.90 bits per heavy atom. The quantitative estimate of drug-likeness (QED) is 0.304. The summed E-state index contributed by atoms with van der Waals surface area (Å²) in [6, 6.07) is 17.8. The molecule has 5 aromatic rings. The van der Waals surface area contributed by atoms with Gasteiger partial charge in [-0.2, -0.15) is 0 Å². The number of ether oxygens (including phenoxy) is 1. The van der Waals surface area contributed by atoms with E-state index < -0.39 is 6.09 Å². The average Bonchev–Trinajstić information content (AvgIpc) is 3.70. The number of carboxylic acid groups (broad SMARTS) is 1. The van der Waals surface area contributed by atoms with Crippen molar-refractivity contribution in [2.45, 2.75) is 32.0 Å². The predicted molar refractivity (Wildman–Crippen MR) is 152 cm³/mol. The molecule has 0 unspecified atom stereocenters. The van der Waals surface area contributed by atoms with Crippen molar-refractivity contribution in [1.82, 2.24) is 34.6 Å². The van der Waals surface area contributed by atoms with Crippen molar-refractivity contribution in [2.75, 3.05) is 23.3 Å². The number of nitrogens with zero attached hydrogens (tertiary/aromatic N) is 8. The maximum atomic E-state index is 11.6. The molecule has 0 aliphatic carbocycles. The van der Waals surface area contributed by atoms with Crippen LogP contribution >= 0.6 is 0 Å². The number of nitrogens with one attached hydrogen (secondary N) is 1. The van der Waals surface area contributed by atoms with Gasteiger partial charge in [0, 0.05) is 43.0 Å². The fourth-order valence-electron chi connectivity index (χ4n) is 5.65. The Balaban J connectivity index is 1.26. The normalized spacial score (nSPS) is 17.8. The fraction of sp³-hybridized carbons (Fsp3) is 0.241. The largest absolute Gasteiger partial charge is 0.489 e. The molecule has 5 heterocycles. The van der Waals surface area contributed by atoms with Crippen molar-refractivity contribution in [3.05, 3.63) is 84.6 Å². The lowest BCUT2D eigenvalue weighted by Gasteiger charge is -2.33. The maximum absolute atomic E-state index is 11.6. The van der Waals surface area contributed by atoms with Gasteiger partial charge >= 0.3 is 6.09 Å². The molecule has 41 heavy (non-hydrogen) atoms. The average molecular weight is 550 g/mol. The van der Waals surface area contributed by atoms with Crippen molar-refractivity contribution in [2.24, 2.45) is 0 Å². The molecule has 2 aliphatic rings. The number of anilines is 3. The first-order chi connectivity index (χ1) is 20.0. The van der Waals surface area contributed by atoms with Crippen LogP contribution in [-0.2, 0) is 6.61 Å². The third-order valence-corrected chi connectivity index (χ3v) is 7.52. The van der Waals surface area contributed by atoms with Crippen molar-refractivity contribution in [1.29, 1.82) is 0 Å². The van der Waals surface area contributed by atoms with E-state index in [1.165, 1.54) is 4.90 Å². The molecule has 12 heteroatoms. The molecule has 0 saturated carbocycles. The number of benzene rings is 2. The summed E-state index contributed by atoms with van der Waals surface area (Å²) in [7, 11) is 0. The van der Waals surface area contributed by atoms with Crippen LogP contribution in [0.25, 0.3) is 16.7 Å². The van der Waals surface area contributed by atoms with Gasteiger partial charge in [0.2, 0.25) is 0 Å². The van der Waals surface area contributed by atoms with Crippen LogP contribution in [0.4, 0.5) is 22.2 Å². The molecular weight excluding hydrogens is 522 g/mol.